The lowest BCUT2D eigenvalue weighted by molar-refractivity contribution is -0.142. The number of Topliss-reactive ketones (excluding diaryl/α,β-unsaturated/α-hetero) is 1. The zero-order valence-corrected chi connectivity index (χ0v) is 12.8. The molecule has 0 aliphatic rings. The summed E-state index contributed by atoms with van der Waals surface area (Å²) in [6, 6.07) is 3.43. The van der Waals surface area contributed by atoms with Crippen LogP contribution in [0.25, 0.3) is 0 Å². The van der Waals surface area contributed by atoms with Crippen molar-refractivity contribution in [3.63, 3.8) is 0 Å². The van der Waals surface area contributed by atoms with E-state index < -0.39 is 0 Å². The Hall–Kier alpha value is -2.24. The Bertz CT molecular complexity index is 513. The Morgan fingerprint density at radius 2 is 1.90 bits per heavy atom. The molecule has 0 heterocycles. The predicted octanol–water partition coefficient (Wildman–Crippen LogP) is 2.27. The molecule has 0 saturated heterocycles. The van der Waals surface area contributed by atoms with Crippen LogP contribution in [0.5, 0.6) is 11.5 Å². The van der Waals surface area contributed by atoms with Gasteiger partial charge in [-0.3, -0.25) is 9.59 Å². The third-order valence-electron chi connectivity index (χ3n) is 2.85. The van der Waals surface area contributed by atoms with Crippen molar-refractivity contribution in [1.29, 1.82) is 0 Å². The molecule has 6 nitrogen and oxygen atoms in total. The van der Waals surface area contributed by atoms with Crippen molar-refractivity contribution in [2.45, 2.75) is 20.3 Å². The maximum atomic E-state index is 11.8. The molecule has 0 fully saturated rings. The second-order valence-corrected chi connectivity index (χ2v) is 4.26. The average molecular weight is 295 g/mol. The van der Waals surface area contributed by atoms with Crippen LogP contribution in [0.15, 0.2) is 12.1 Å². The van der Waals surface area contributed by atoms with Gasteiger partial charge in [-0.2, -0.15) is 0 Å². The minimum absolute atomic E-state index is 0.149. The largest absolute Gasteiger partial charge is 0.493 e. The highest BCUT2D eigenvalue weighted by atomic mass is 16.5. The van der Waals surface area contributed by atoms with E-state index in [1.165, 1.54) is 21.1 Å². The van der Waals surface area contributed by atoms with E-state index in [0.717, 1.165) is 0 Å². The summed E-state index contributed by atoms with van der Waals surface area (Å²) in [5.41, 5.74) is 1.00. The smallest absolute Gasteiger partial charge is 0.307 e. The number of ketones is 1. The van der Waals surface area contributed by atoms with Gasteiger partial charge < -0.3 is 19.5 Å². The van der Waals surface area contributed by atoms with Gasteiger partial charge in [0.05, 0.1) is 32.8 Å². The first-order chi connectivity index (χ1) is 10.0. The van der Waals surface area contributed by atoms with Crippen molar-refractivity contribution in [3.8, 4) is 11.5 Å². The van der Waals surface area contributed by atoms with Crippen molar-refractivity contribution < 1.29 is 23.8 Å². The van der Waals surface area contributed by atoms with Gasteiger partial charge in [-0.25, -0.2) is 0 Å². The van der Waals surface area contributed by atoms with Gasteiger partial charge in [-0.05, 0) is 26.0 Å². The maximum Gasteiger partial charge on any atom is 0.307 e. The zero-order chi connectivity index (χ0) is 15.8. The van der Waals surface area contributed by atoms with E-state index in [1.807, 2.05) is 0 Å². The fourth-order valence-corrected chi connectivity index (χ4v) is 1.96. The lowest BCUT2D eigenvalue weighted by Gasteiger charge is -2.16. The van der Waals surface area contributed by atoms with Crippen LogP contribution in [0.2, 0.25) is 0 Å². The van der Waals surface area contributed by atoms with Gasteiger partial charge in [-0.15, -0.1) is 0 Å². The van der Waals surface area contributed by atoms with E-state index in [-0.39, 0.29) is 18.2 Å². The van der Waals surface area contributed by atoms with Crippen LogP contribution in [0.3, 0.4) is 0 Å². The molecule has 0 aliphatic heterocycles. The number of carbonyl (C=O) groups is 2. The number of ether oxygens (including phenoxy) is 3. The lowest BCUT2D eigenvalue weighted by atomic mass is 10.1. The highest BCUT2D eigenvalue weighted by Gasteiger charge is 2.18. The summed E-state index contributed by atoms with van der Waals surface area (Å²) in [5, 5.41) is 3.05. The quantitative estimate of drug-likeness (QED) is 0.586. The molecule has 6 heteroatoms. The molecule has 0 amide bonds. The van der Waals surface area contributed by atoms with Gasteiger partial charge in [0.15, 0.2) is 17.3 Å². The lowest BCUT2D eigenvalue weighted by Crippen LogP contribution is -2.13. The molecule has 1 N–H and O–H groups in total. The molecule has 1 aromatic carbocycles. The Labute approximate surface area is 124 Å². The molecule has 0 radical (unpaired) electrons. The van der Waals surface area contributed by atoms with Crippen molar-refractivity contribution in [2.75, 3.05) is 32.7 Å². The fraction of sp³-hybridized carbons (Fsp3) is 0.467. The van der Waals surface area contributed by atoms with Crippen molar-refractivity contribution in [1.82, 2.24) is 0 Å². The minimum Gasteiger partial charge on any atom is -0.493 e. The number of hydrogen-bond donors (Lipinski definition) is 1. The number of nitrogens with one attached hydrogen (secondary N) is 1. The molecule has 1 aromatic rings. The molecule has 0 spiro atoms. The highest BCUT2D eigenvalue weighted by molar-refractivity contribution is 6.03. The van der Waals surface area contributed by atoms with E-state index in [9.17, 15) is 9.59 Å². The van der Waals surface area contributed by atoms with E-state index in [4.69, 9.17) is 14.2 Å². The summed E-state index contributed by atoms with van der Waals surface area (Å²) in [6.07, 6.45) is 0.222. The number of benzene rings is 1. The van der Waals surface area contributed by atoms with Crippen LogP contribution in [-0.4, -0.2) is 39.1 Å². The van der Waals surface area contributed by atoms with Gasteiger partial charge in [0.25, 0.3) is 0 Å². The van der Waals surface area contributed by atoms with Crippen LogP contribution in [0.4, 0.5) is 5.69 Å². The van der Waals surface area contributed by atoms with Gasteiger partial charge in [0.1, 0.15) is 0 Å². The summed E-state index contributed by atoms with van der Waals surface area (Å²) in [7, 11) is 2.99. The molecule has 0 unspecified atom stereocenters. The predicted molar refractivity (Wildman–Crippen MR) is 79.3 cm³/mol. The second-order valence-electron chi connectivity index (χ2n) is 4.26. The van der Waals surface area contributed by atoms with Crippen molar-refractivity contribution in [3.05, 3.63) is 17.7 Å². The number of anilines is 1. The van der Waals surface area contributed by atoms with E-state index in [0.29, 0.717) is 35.9 Å². The normalized spacial score (nSPS) is 9.90. The number of methoxy groups -OCH3 is 2. The number of rotatable bonds is 8. The standard InChI is InChI=1S/C15H21NO5/c1-5-21-13(18)8-9-16-11-6-7-12(19-3)15(20-4)14(11)10(2)17/h6-7,16H,5,8-9H2,1-4H3. The first-order valence-corrected chi connectivity index (χ1v) is 6.70. The van der Waals surface area contributed by atoms with E-state index in [2.05, 4.69) is 5.32 Å². The van der Waals surface area contributed by atoms with Crippen molar-refractivity contribution >= 4 is 17.4 Å². The molecule has 0 aliphatic carbocycles. The van der Waals surface area contributed by atoms with E-state index >= 15 is 0 Å². The molecule has 116 valence electrons. The van der Waals surface area contributed by atoms with Crippen LogP contribution < -0.4 is 14.8 Å². The SMILES string of the molecule is CCOC(=O)CCNc1ccc(OC)c(OC)c1C(C)=O. The molecule has 0 saturated carbocycles. The van der Waals surface area contributed by atoms with Gasteiger partial charge in [-0.1, -0.05) is 0 Å². The second kappa shape index (κ2) is 8.14. The third kappa shape index (κ3) is 4.37. The molecule has 0 bridgehead atoms. The summed E-state index contributed by atoms with van der Waals surface area (Å²) in [5.74, 6) is 0.434. The Balaban J connectivity index is 2.91. The summed E-state index contributed by atoms with van der Waals surface area (Å²) in [6.45, 7) is 3.93. The topological polar surface area (TPSA) is 73.9 Å². The summed E-state index contributed by atoms with van der Waals surface area (Å²) >= 11 is 0. The molecular weight excluding hydrogens is 274 g/mol. The van der Waals surface area contributed by atoms with Crippen LogP contribution in [0, 0.1) is 0 Å². The monoisotopic (exact) mass is 295 g/mol. The fourth-order valence-electron chi connectivity index (χ4n) is 1.96. The van der Waals surface area contributed by atoms with Gasteiger partial charge >= 0.3 is 5.97 Å². The van der Waals surface area contributed by atoms with E-state index in [1.54, 1.807) is 19.1 Å². The molecule has 0 atom stereocenters. The summed E-state index contributed by atoms with van der Waals surface area (Å²) in [4.78, 5) is 23.1. The maximum absolute atomic E-state index is 11.8. The average Bonchev–Trinajstić information content (AvgIpc) is 2.46. The van der Waals surface area contributed by atoms with Gasteiger partial charge in [0.2, 0.25) is 0 Å². The number of carbonyl (C=O) groups excluding carboxylic acids is 2. The summed E-state index contributed by atoms with van der Waals surface area (Å²) < 4.78 is 15.3. The molecule has 0 aromatic heterocycles. The van der Waals surface area contributed by atoms with Crippen LogP contribution in [-0.2, 0) is 9.53 Å². The third-order valence-corrected chi connectivity index (χ3v) is 2.85. The minimum atomic E-state index is -0.283. The first kappa shape index (κ1) is 16.8. The highest BCUT2D eigenvalue weighted by Crippen LogP contribution is 2.36. The number of esters is 1. The van der Waals surface area contributed by atoms with Crippen LogP contribution in [0.1, 0.15) is 30.6 Å². The van der Waals surface area contributed by atoms with Gasteiger partial charge in [0, 0.05) is 12.2 Å². The molecule has 1 rings (SSSR count). The molecule has 21 heavy (non-hydrogen) atoms. The molecular formula is C15H21NO5. The van der Waals surface area contributed by atoms with Crippen LogP contribution >= 0.6 is 0 Å². The Morgan fingerprint density at radius 1 is 1.19 bits per heavy atom. The zero-order valence-electron chi connectivity index (χ0n) is 12.8. The van der Waals surface area contributed by atoms with Crippen molar-refractivity contribution in [2.24, 2.45) is 0 Å². The Kier molecular flexibility index (Phi) is 6.52. The first-order valence-electron chi connectivity index (χ1n) is 6.70. The number of hydrogen-bond acceptors (Lipinski definition) is 6. The Morgan fingerprint density at radius 3 is 2.43 bits per heavy atom.